The Labute approximate surface area is 185 Å². The van der Waals surface area contributed by atoms with Gasteiger partial charge >= 0.3 is 0 Å². The van der Waals surface area contributed by atoms with Gasteiger partial charge in [-0.1, -0.05) is 42.5 Å². The van der Waals surface area contributed by atoms with Gasteiger partial charge in [-0.05, 0) is 48.9 Å². The number of benzene rings is 3. The summed E-state index contributed by atoms with van der Waals surface area (Å²) in [5.74, 6) is -1.13. The maximum Gasteiger partial charge on any atom is 0.266 e. The summed E-state index contributed by atoms with van der Waals surface area (Å²) in [6.45, 7) is 2.21. The zero-order chi connectivity index (χ0) is 22.2. The van der Waals surface area contributed by atoms with Crippen molar-refractivity contribution >= 4 is 23.2 Å². The first kappa shape index (κ1) is 20.1. The fraction of sp³-hybridized carbons (Fsp3) is 0.200. The number of anilines is 2. The molecule has 0 unspecified atom stereocenters. The van der Waals surface area contributed by atoms with Gasteiger partial charge in [-0.15, -0.1) is 0 Å². The molecule has 2 aliphatic heterocycles. The lowest BCUT2D eigenvalue weighted by atomic mass is 9.90. The number of phenols is 1. The van der Waals surface area contributed by atoms with Gasteiger partial charge in [0.25, 0.3) is 5.91 Å². The Morgan fingerprint density at radius 3 is 2.22 bits per heavy atom. The molecule has 2 saturated heterocycles. The monoisotopic (exact) mass is 430 g/mol. The van der Waals surface area contributed by atoms with Crippen LogP contribution in [-0.2, 0) is 14.4 Å². The second-order valence-electron chi connectivity index (χ2n) is 7.67. The molecule has 0 aromatic heterocycles. The minimum atomic E-state index is -0.947. The van der Waals surface area contributed by atoms with Crippen molar-refractivity contribution in [1.82, 2.24) is 0 Å². The van der Waals surface area contributed by atoms with E-state index in [2.05, 4.69) is 0 Å². The van der Waals surface area contributed by atoms with Crippen molar-refractivity contribution in [3.8, 4) is 11.5 Å². The normalized spacial score (nSPS) is 22.3. The van der Waals surface area contributed by atoms with Crippen LogP contribution in [0, 0.1) is 5.92 Å². The Balaban J connectivity index is 1.60. The average molecular weight is 430 g/mol. The highest BCUT2D eigenvalue weighted by molar-refractivity contribution is 6.23. The number of carbonyl (C=O) groups is 2. The summed E-state index contributed by atoms with van der Waals surface area (Å²) in [6.07, 6.45) is -0.947. The van der Waals surface area contributed by atoms with Crippen molar-refractivity contribution in [1.29, 1.82) is 0 Å². The number of hydrogen-bond acceptors (Lipinski definition) is 6. The second kappa shape index (κ2) is 8.01. The predicted octanol–water partition coefficient (Wildman–Crippen LogP) is 3.84. The van der Waals surface area contributed by atoms with Crippen molar-refractivity contribution in [2.45, 2.75) is 19.1 Å². The van der Waals surface area contributed by atoms with Crippen LogP contribution in [0.4, 0.5) is 11.4 Å². The molecule has 7 nitrogen and oxygen atoms in total. The standard InChI is InChI=1S/C25H22N2O5/c1-2-31-20-15-16(13-14-19(20)28)22-21-23(32-27(22)18-11-7-4-8-12-18)25(30)26(24(21)29)17-9-5-3-6-10-17/h3-15,21-23,28H,2H2,1H3/t21-,22+,23-/m0/s1. The topological polar surface area (TPSA) is 79.3 Å². The molecule has 3 atom stereocenters. The van der Waals surface area contributed by atoms with Crippen LogP contribution in [-0.4, -0.2) is 29.6 Å². The highest BCUT2D eigenvalue weighted by atomic mass is 16.7. The number of hydrogen-bond donors (Lipinski definition) is 1. The number of amides is 2. The Hall–Kier alpha value is -3.84. The molecule has 0 aliphatic carbocycles. The van der Waals surface area contributed by atoms with Gasteiger partial charge in [-0.3, -0.25) is 14.4 Å². The van der Waals surface area contributed by atoms with E-state index in [1.165, 1.54) is 11.0 Å². The van der Waals surface area contributed by atoms with Crippen molar-refractivity contribution in [2.75, 3.05) is 16.6 Å². The summed E-state index contributed by atoms with van der Waals surface area (Å²) in [6, 6.07) is 22.6. The van der Waals surface area contributed by atoms with E-state index in [1.807, 2.05) is 43.3 Å². The van der Waals surface area contributed by atoms with E-state index in [-0.39, 0.29) is 11.7 Å². The summed E-state index contributed by atoms with van der Waals surface area (Å²) in [7, 11) is 0. The maximum atomic E-state index is 13.6. The van der Waals surface area contributed by atoms with Gasteiger partial charge in [0.05, 0.1) is 24.0 Å². The molecule has 0 bridgehead atoms. The van der Waals surface area contributed by atoms with Gasteiger partial charge in [-0.2, -0.15) is 0 Å². The first-order valence-electron chi connectivity index (χ1n) is 10.5. The quantitative estimate of drug-likeness (QED) is 0.620. The van der Waals surface area contributed by atoms with E-state index in [0.29, 0.717) is 23.6 Å². The van der Waals surface area contributed by atoms with Crippen LogP contribution in [0.3, 0.4) is 0 Å². The van der Waals surface area contributed by atoms with Crippen molar-refractivity contribution in [3.05, 3.63) is 84.4 Å². The Bertz CT molecular complexity index is 1150. The minimum absolute atomic E-state index is 0.0112. The lowest BCUT2D eigenvalue weighted by Crippen LogP contribution is -2.37. The van der Waals surface area contributed by atoms with Crippen molar-refractivity contribution in [2.24, 2.45) is 5.92 Å². The van der Waals surface area contributed by atoms with E-state index in [0.717, 1.165) is 5.69 Å². The zero-order valence-electron chi connectivity index (χ0n) is 17.4. The smallest absolute Gasteiger partial charge is 0.266 e. The highest BCUT2D eigenvalue weighted by Gasteiger charge is 2.60. The number of ether oxygens (including phenoxy) is 1. The molecule has 2 heterocycles. The molecule has 2 aliphatic rings. The lowest BCUT2D eigenvalue weighted by molar-refractivity contribution is -0.126. The molecule has 3 aromatic carbocycles. The molecule has 0 saturated carbocycles. The number of fused-ring (bicyclic) bond motifs is 1. The van der Waals surface area contributed by atoms with E-state index in [9.17, 15) is 14.7 Å². The van der Waals surface area contributed by atoms with Crippen LogP contribution in [0.25, 0.3) is 0 Å². The number of para-hydroxylation sites is 2. The zero-order valence-corrected chi connectivity index (χ0v) is 17.4. The molecule has 7 heteroatoms. The fourth-order valence-electron chi connectivity index (χ4n) is 4.37. The average Bonchev–Trinajstić information content (AvgIpc) is 3.33. The van der Waals surface area contributed by atoms with Gasteiger partial charge in [0.2, 0.25) is 5.91 Å². The molecule has 0 radical (unpaired) electrons. The number of carbonyl (C=O) groups excluding carboxylic acids is 2. The van der Waals surface area contributed by atoms with Crippen LogP contribution in [0.5, 0.6) is 11.5 Å². The Morgan fingerprint density at radius 1 is 0.906 bits per heavy atom. The lowest BCUT2D eigenvalue weighted by Gasteiger charge is -2.29. The van der Waals surface area contributed by atoms with E-state index < -0.39 is 24.0 Å². The molecule has 3 aromatic rings. The van der Waals surface area contributed by atoms with E-state index >= 15 is 0 Å². The fourth-order valence-corrected chi connectivity index (χ4v) is 4.37. The van der Waals surface area contributed by atoms with Crippen molar-refractivity contribution < 1.29 is 24.3 Å². The first-order chi connectivity index (χ1) is 15.6. The second-order valence-corrected chi connectivity index (χ2v) is 7.67. The summed E-state index contributed by atoms with van der Waals surface area (Å²) >= 11 is 0. The maximum absolute atomic E-state index is 13.6. The number of imide groups is 1. The number of aromatic hydroxyl groups is 1. The Kier molecular flexibility index (Phi) is 5.03. The molecule has 32 heavy (non-hydrogen) atoms. The third kappa shape index (κ3) is 3.18. The summed E-state index contributed by atoms with van der Waals surface area (Å²) in [5.41, 5.74) is 1.95. The minimum Gasteiger partial charge on any atom is -0.504 e. The van der Waals surface area contributed by atoms with Crippen LogP contribution in [0.2, 0.25) is 0 Å². The van der Waals surface area contributed by atoms with Gasteiger partial charge in [0.1, 0.15) is 5.92 Å². The van der Waals surface area contributed by atoms with Gasteiger partial charge in [0, 0.05) is 0 Å². The van der Waals surface area contributed by atoms with Crippen LogP contribution in [0.15, 0.2) is 78.9 Å². The third-order valence-electron chi connectivity index (χ3n) is 5.77. The number of hydroxylamine groups is 1. The van der Waals surface area contributed by atoms with Crippen molar-refractivity contribution in [3.63, 3.8) is 0 Å². The summed E-state index contributed by atoms with van der Waals surface area (Å²) in [4.78, 5) is 34.1. The van der Waals surface area contributed by atoms with Gasteiger partial charge in [0.15, 0.2) is 17.6 Å². The van der Waals surface area contributed by atoms with Crippen LogP contribution in [0.1, 0.15) is 18.5 Å². The molecular formula is C25H22N2O5. The molecular weight excluding hydrogens is 408 g/mol. The molecule has 162 valence electrons. The largest absolute Gasteiger partial charge is 0.504 e. The number of nitrogens with zero attached hydrogens (tertiary/aromatic N) is 2. The molecule has 1 N–H and O–H groups in total. The molecule has 2 amide bonds. The third-order valence-corrected chi connectivity index (χ3v) is 5.77. The van der Waals surface area contributed by atoms with Crippen LogP contribution < -0.4 is 14.7 Å². The van der Waals surface area contributed by atoms with Crippen LogP contribution >= 0.6 is 0 Å². The number of rotatable bonds is 5. The molecule has 0 spiro atoms. The van der Waals surface area contributed by atoms with E-state index in [1.54, 1.807) is 41.5 Å². The number of phenolic OH excluding ortho intramolecular Hbond substituents is 1. The highest BCUT2D eigenvalue weighted by Crippen LogP contribution is 2.48. The first-order valence-corrected chi connectivity index (χ1v) is 10.5. The van der Waals surface area contributed by atoms with E-state index in [4.69, 9.17) is 9.57 Å². The molecule has 2 fully saturated rings. The SMILES string of the molecule is CCOc1cc([C@@H]2[C@@H]3C(=O)N(c4ccccc4)C(=O)[C@H]3ON2c2ccccc2)ccc1O. The molecule has 5 rings (SSSR count). The summed E-state index contributed by atoms with van der Waals surface area (Å²) in [5, 5.41) is 11.8. The predicted molar refractivity (Wildman–Crippen MR) is 118 cm³/mol. The summed E-state index contributed by atoms with van der Waals surface area (Å²) < 4.78 is 5.56. The van der Waals surface area contributed by atoms with Gasteiger partial charge < -0.3 is 9.84 Å². The van der Waals surface area contributed by atoms with Gasteiger partial charge in [-0.25, -0.2) is 9.96 Å². The Morgan fingerprint density at radius 2 is 1.56 bits per heavy atom.